The minimum absolute atomic E-state index is 0.562. The van der Waals surface area contributed by atoms with E-state index in [2.05, 4.69) is 18.1 Å². The molecule has 0 heterocycles. The Bertz CT molecular complexity index is 349. The molecule has 0 atom stereocenters. The summed E-state index contributed by atoms with van der Waals surface area (Å²) in [7, 11) is 0. The van der Waals surface area contributed by atoms with Crippen molar-refractivity contribution in [1.29, 1.82) is 0 Å². The molecule has 0 radical (unpaired) electrons. The summed E-state index contributed by atoms with van der Waals surface area (Å²) < 4.78 is 5.68. The third kappa shape index (κ3) is 5.17. The summed E-state index contributed by atoms with van der Waals surface area (Å²) in [5.41, 5.74) is 6.65. The van der Waals surface area contributed by atoms with Gasteiger partial charge in [0.2, 0.25) is 0 Å². The van der Waals surface area contributed by atoms with Crippen LogP contribution in [0.2, 0.25) is 0 Å². The second-order valence-electron chi connectivity index (χ2n) is 4.03. The third-order valence-electron chi connectivity index (χ3n) is 2.61. The Balaban J connectivity index is 2.34. The molecule has 1 rings (SSSR count). The maximum atomic E-state index is 5.68. The van der Waals surface area contributed by atoms with Gasteiger partial charge in [-0.15, -0.1) is 13.2 Å². The molecule has 0 bridgehead atoms. The van der Waals surface area contributed by atoms with Crippen LogP contribution in [-0.2, 0) is 6.54 Å². The summed E-state index contributed by atoms with van der Waals surface area (Å²) in [6.07, 6.45) is 3.78. The average Bonchev–Trinajstić information content (AvgIpc) is 2.40. The summed E-state index contributed by atoms with van der Waals surface area (Å²) in [6, 6.07) is 7.88. The van der Waals surface area contributed by atoms with Crippen molar-refractivity contribution >= 4 is 0 Å². The molecule has 1 aromatic rings. The fourth-order valence-electron chi connectivity index (χ4n) is 1.64. The molecule has 1 aromatic carbocycles. The number of hydrogen-bond acceptors (Lipinski definition) is 3. The van der Waals surface area contributed by atoms with Gasteiger partial charge in [-0.25, -0.2) is 0 Å². The van der Waals surface area contributed by atoms with Gasteiger partial charge in [0.05, 0.1) is 0 Å². The highest BCUT2D eigenvalue weighted by Gasteiger charge is 2.01. The molecule has 0 aliphatic heterocycles. The Hall–Kier alpha value is -1.58. The molecule has 3 heteroatoms. The summed E-state index contributed by atoms with van der Waals surface area (Å²) in [6.45, 7) is 11.3. The number of rotatable bonds is 9. The maximum absolute atomic E-state index is 5.68. The monoisotopic (exact) mass is 246 g/mol. The van der Waals surface area contributed by atoms with E-state index < -0.39 is 0 Å². The van der Waals surface area contributed by atoms with Gasteiger partial charge in [0.25, 0.3) is 0 Å². The first kappa shape index (κ1) is 14.5. The predicted octanol–water partition coefficient (Wildman–Crippen LogP) is 2.20. The topological polar surface area (TPSA) is 38.5 Å². The molecule has 0 fully saturated rings. The first-order valence-corrected chi connectivity index (χ1v) is 6.16. The second kappa shape index (κ2) is 8.50. The van der Waals surface area contributed by atoms with Gasteiger partial charge < -0.3 is 10.5 Å². The normalized spacial score (nSPS) is 10.3. The van der Waals surface area contributed by atoms with E-state index in [4.69, 9.17) is 10.5 Å². The van der Waals surface area contributed by atoms with Crippen LogP contribution in [-0.4, -0.2) is 31.1 Å². The van der Waals surface area contributed by atoms with Gasteiger partial charge in [0.15, 0.2) is 0 Å². The number of hydrogen-bond donors (Lipinski definition) is 1. The molecule has 0 unspecified atom stereocenters. The minimum atomic E-state index is 0.562. The van der Waals surface area contributed by atoms with Crippen molar-refractivity contribution < 1.29 is 4.74 Å². The zero-order chi connectivity index (χ0) is 13.2. The Labute approximate surface area is 110 Å². The number of nitrogens with two attached hydrogens (primary N) is 1. The lowest BCUT2D eigenvalue weighted by Crippen LogP contribution is -2.28. The molecule has 18 heavy (non-hydrogen) atoms. The van der Waals surface area contributed by atoms with Crippen molar-refractivity contribution in [2.24, 2.45) is 5.73 Å². The molecule has 3 nitrogen and oxygen atoms in total. The van der Waals surface area contributed by atoms with E-state index in [1.165, 1.54) is 0 Å². The van der Waals surface area contributed by atoms with E-state index in [9.17, 15) is 0 Å². The average molecular weight is 246 g/mol. The lowest BCUT2D eigenvalue weighted by molar-refractivity contribution is 0.236. The first-order valence-electron chi connectivity index (χ1n) is 6.16. The van der Waals surface area contributed by atoms with Crippen LogP contribution in [0.4, 0.5) is 0 Å². The molecular formula is C15H22N2O. The van der Waals surface area contributed by atoms with Crippen molar-refractivity contribution in [3.05, 3.63) is 55.1 Å². The minimum Gasteiger partial charge on any atom is -0.492 e. The van der Waals surface area contributed by atoms with E-state index in [0.29, 0.717) is 13.2 Å². The van der Waals surface area contributed by atoms with E-state index in [-0.39, 0.29) is 0 Å². The first-order chi connectivity index (χ1) is 8.80. The third-order valence-corrected chi connectivity index (χ3v) is 2.61. The van der Waals surface area contributed by atoms with E-state index >= 15 is 0 Å². The molecule has 0 saturated carbocycles. The van der Waals surface area contributed by atoms with E-state index in [0.717, 1.165) is 30.9 Å². The van der Waals surface area contributed by atoms with Crippen LogP contribution >= 0.6 is 0 Å². The molecule has 2 N–H and O–H groups in total. The van der Waals surface area contributed by atoms with Gasteiger partial charge in [-0.2, -0.15) is 0 Å². The van der Waals surface area contributed by atoms with Gasteiger partial charge in [-0.1, -0.05) is 24.3 Å². The Morgan fingerprint density at radius 2 is 1.72 bits per heavy atom. The van der Waals surface area contributed by atoms with Crippen molar-refractivity contribution in [2.75, 3.05) is 26.2 Å². The van der Waals surface area contributed by atoms with E-state index in [1.54, 1.807) is 0 Å². The highest BCUT2D eigenvalue weighted by atomic mass is 16.5. The Morgan fingerprint density at radius 3 is 2.22 bits per heavy atom. The van der Waals surface area contributed by atoms with Crippen LogP contribution in [0, 0.1) is 0 Å². The number of benzene rings is 1. The zero-order valence-electron chi connectivity index (χ0n) is 10.8. The number of ether oxygens (including phenoxy) is 1. The summed E-state index contributed by atoms with van der Waals surface area (Å²) >= 11 is 0. The highest BCUT2D eigenvalue weighted by molar-refractivity contribution is 5.27. The van der Waals surface area contributed by atoms with Gasteiger partial charge in [0, 0.05) is 26.2 Å². The van der Waals surface area contributed by atoms with E-state index in [1.807, 2.05) is 36.4 Å². The largest absolute Gasteiger partial charge is 0.492 e. The van der Waals surface area contributed by atoms with Crippen molar-refractivity contribution in [3.63, 3.8) is 0 Å². The SMILES string of the molecule is C=CCN(CC=C)CCOc1ccc(CN)cc1. The molecule has 0 amide bonds. The van der Waals surface area contributed by atoms with Crippen LogP contribution in [0.25, 0.3) is 0 Å². The summed E-state index contributed by atoms with van der Waals surface area (Å²) in [5.74, 6) is 0.879. The maximum Gasteiger partial charge on any atom is 0.119 e. The Kier molecular flexibility index (Phi) is 6.84. The zero-order valence-corrected chi connectivity index (χ0v) is 10.8. The number of nitrogens with zero attached hydrogens (tertiary/aromatic N) is 1. The smallest absolute Gasteiger partial charge is 0.119 e. The summed E-state index contributed by atoms with van der Waals surface area (Å²) in [4.78, 5) is 2.22. The summed E-state index contributed by atoms with van der Waals surface area (Å²) in [5, 5.41) is 0. The molecule has 0 saturated heterocycles. The molecule has 0 aliphatic rings. The molecule has 0 aliphatic carbocycles. The fourth-order valence-corrected chi connectivity index (χ4v) is 1.64. The molecular weight excluding hydrogens is 224 g/mol. The van der Waals surface area contributed by atoms with Crippen molar-refractivity contribution in [3.8, 4) is 5.75 Å². The Morgan fingerprint density at radius 1 is 1.11 bits per heavy atom. The van der Waals surface area contributed by atoms with Crippen LogP contribution < -0.4 is 10.5 Å². The van der Waals surface area contributed by atoms with Crippen LogP contribution in [0.1, 0.15) is 5.56 Å². The standard InChI is InChI=1S/C15H22N2O/c1-3-9-17(10-4-2)11-12-18-15-7-5-14(13-16)6-8-15/h3-8H,1-2,9-13,16H2. The highest BCUT2D eigenvalue weighted by Crippen LogP contribution is 2.11. The molecule has 0 spiro atoms. The predicted molar refractivity (Wildman–Crippen MR) is 76.7 cm³/mol. The van der Waals surface area contributed by atoms with Crippen LogP contribution in [0.15, 0.2) is 49.6 Å². The van der Waals surface area contributed by atoms with Gasteiger partial charge in [-0.05, 0) is 17.7 Å². The molecule has 98 valence electrons. The van der Waals surface area contributed by atoms with Crippen LogP contribution in [0.3, 0.4) is 0 Å². The molecule has 0 aromatic heterocycles. The van der Waals surface area contributed by atoms with Gasteiger partial charge in [-0.3, -0.25) is 4.90 Å². The van der Waals surface area contributed by atoms with Crippen LogP contribution in [0.5, 0.6) is 5.75 Å². The lowest BCUT2D eigenvalue weighted by Gasteiger charge is -2.18. The van der Waals surface area contributed by atoms with Gasteiger partial charge >= 0.3 is 0 Å². The van der Waals surface area contributed by atoms with Gasteiger partial charge in [0.1, 0.15) is 12.4 Å². The van der Waals surface area contributed by atoms with Crippen molar-refractivity contribution in [1.82, 2.24) is 4.90 Å². The van der Waals surface area contributed by atoms with Crippen molar-refractivity contribution in [2.45, 2.75) is 6.54 Å². The quantitative estimate of drug-likeness (QED) is 0.679. The lowest BCUT2D eigenvalue weighted by atomic mass is 10.2. The second-order valence-corrected chi connectivity index (χ2v) is 4.03. The fraction of sp³-hybridized carbons (Fsp3) is 0.333.